The van der Waals surface area contributed by atoms with Crippen molar-refractivity contribution in [3.05, 3.63) is 34.9 Å². The molecular formula is C16H22ClN3O5. The maximum absolute atomic E-state index is 12.1. The molecule has 25 heavy (non-hydrogen) atoms. The van der Waals surface area contributed by atoms with E-state index in [0.29, 0.717) is 23.7 Å². The molecule has 0 aliphatic rings. The molecule has 0 saturated carbocycles. The zero-order valence-electron chi connectivity index (χ0n) is 14.1. The number of halogens is 1. The van der Waals surface area contributed by atoms with Crippen LogP contribution < -0.4 is 16.4 Å². The minimum atomic E-state index is -0.982. The van der Waals surface area contributed by atoms with Gasteiger partial charge in [-0.15, -0.1) is 0 Å². The van der Waals surface area contributed by atoms with Crippen molar-refractivity contribution < 1.29 is 23.9 Å². The Balaban J connectivity index is 2.68. The van der Waals surface area contributed by atoms with E-state index < -0.39 is 30.1 Å². The van der Waals surface area contributed by atoms with Gasteiger partial charge in [0.1, 0.15) is 0 Å². The van der Waals surface area contributed by atoms with E-state index in [4.69, 9.17) is 26.8 Å². The first-order valence-corrected chi connectivity index (χ1v) is 7.99. The molecular weight excluding hydrogens is 350 g/mol. The quantitative estimate of drug-likeness (QED) is 0.444. The van der Waals surface area contributed by atoms with Gasteiger partial charge in [-0.3, -0.25) is 9.59 Å². The summed E-state index contributed by atoms with van der Waals surface area (Å²) in [6.07, 6.45) is -1.20. The summed E-state index contributed by atoms with van der Waals surface area (Å²) >= 11 is 6.09. The number of hydrogen-bond acceptors (Lipinski definition) is 5. The van der Waals surface area contributed by atoms with Gasteiger partial charge in [0.15, 0.2) is 6.10 Å². The molecule has 138 valence electrons. The Hall–Kier alpha value is -2.32. The molecule has 8 nitrogen and oxygen atoms in total. The molecule has 0 aliphatic heterocycles. The number of rotatable bonds is 9. The number of benzene rings is 1. The Morgan fingerprint density at radius 1 is 1.28 bits per heavy atom. The molecule has 0 saturated heterocycles. The number of carbonyl (C=O) groups is 3. The number of primary amides is 1. The highest BCUT2D eigenvalue weighted by Gasteiger charge is 2.23. The molecule has 4 N–H and O–H groups in total. The van der Waals surface area contributed by atoms with Gasteiger partial charge in [0.05, 0.1) is 19.1 Å². The maximum Gasteiger partial charge on any atom is 0.312 e. The summed E-state index contributed by atoms with van der Waals surface area (Å²) in [5.41, 5.74) is 5.68. The van der Waals surface area contributed by atoms with E-state index in [1.807, 2.05) is 0 Å². The molecule has 0 fully saturated rings. The van der Waals surface area contributed by atoms with Gasteiger partial charge < -0.3 is 25.8 Å². The van der Waals surface area contributed by atoms with Crippen LogP contribution in [0.2, 0.25) is 5.02 Å². The van der Waals surface area contributed by atoms with Gasteiger partial charge in [-0.25, -0.2) is 4.79 Å². The summed E-state index contributed by atoms with van der Waals surface area (Å²) < 4.78 is 9.91. The molecule has 1 rings (SSSR count). The van der Waals surface area contributed by atoms with Crippen molar-refractivity contribution in [2.24, 2.45) is 5.73 Å². The topological polar surface area (TPSA) is 120 Å². The highest BCUT2D eigenvalue weighted by atomic mass is 35.5. The first-order chi connectivity index (χ1) is 11.8. The van der Waals surface area contributed by atoms with Crippen LogP contribution in [-0.2, 0) is 19.1 Å². The largest absolute Gasteiger partial charge is 0.452 e. The average molecular weight is 372 g/mol. The highest BCUT2D eigenvalue weighted by molar-refractivity contribution is 6.31. The van der Waals surface area contributed by atoms with E-state index >= 15 is 0 Å². The van der Waals surface area contributed by atoms with Crippen molar-refractivity contribution in [1.82, 2.24) is 10.6 Å². The lowest BCUT2D eigenvalue weighted by molar-refractivity contribution is -0.155. The van der Waals surface area contributed by atoms with Crippen LogP contribution in [0.4, 0.5) is 4.79 Å². The molecule has 0 aliphatic carbocycles. The monoisotopic (exact) mass is 371 g/mol. The van der Waals surface area contributed by atoms with Crippen molar-refractivity contribution in [3.63, 3.8) is 0 Å². The summed E-state index contributed by atoms with van der Waals surface area (Å²) in [5.74, 6) is -1.12. The van der Waals surface area contributed by atoms with Gasteiger partial charge in [-0.1, -0.05) is 29.8 Å². The Morgan fingerprint density at radius 2 is 1.96 bits per heavy atom. The lowest BCUT2D eigenvalue weighted by Crippen LogP contribution is -2.39. The van der Waals surface area contributed by atoms with Gasteiger partial charge in [0.2, 0.25) is 0 Å². The second kappa shape index (κ2) is 10.5. The Morgan fingerprint density at radius 3 is 2.56 bits per heavy atom. The standard InChI is InChI=1S/C16H22ClN3O5/c1-10(15(22)19-7-8-24-2)25-14(21)9-13(20-16(18)23)11-5-3-4-6-12(11)17/h3-6,10,13H,7-9H2,1-2H3,(H,19,22)(H3,18,20,23)/t10-,13-/m1/s1. The summed E-state index contributed by atoms with van der Waals surface area (Å²) in [7, 11) is 1.51. The molecule has 1 aromatic carbocycles. The van der Waals surface area contributed by atoms with Crippen molar-refractivity contribution in [1.29, 1.82) is 0 Å². The van der Waals surface area contributed by atoms with Crippen molar-refractivity contribution in [2.45, 2.75) is 25.5 Å². The zero-order chi connectivity index (χ0) is 18.8. The second-order valence-corrected chi connectivity index (χ2v) is 5.61. The summed E-state index contributed by atoms with van der Waals surface area (Å²) in [5, 5.41) is 5.39. The average Bonchev–Trinajstić information content (AvgIpc) is 2.54. The molecule has 9 heteroatoms. The fourth-order valence-corrected chi connectivity index (χ4v) is 2.32. The van der Waals surface area contributed by atoms with Crippen molar-refractivity contribution in [3.8, 4) is 0 Å². The van der Waals surface area contributed by atoms with E-state index in [-0.39, 0.29) is 6.42 Å². The number of nitrogens with one attached hydrogen (secondary N) is 2. The molecule has 0 aromatic heterocycles. The van der Waals surface area contributed by atoms with E-state index in [2.05, 4.69) is 10.6 Å². The first-order valence-electron chi connectivity index (χ1n) is 7.61. The lowest BCUT2D eigenvalue weighted by Gasteiger charge is -2.20. The summed E-state index contributed by atoms with van der Waals surface area (Å²) in [4.78, 5) is 35.1. The SMILES string of the molecule is COCCNC(=O)[C@@H](C)OC(=O)C[C@@H](NC(N)=O)c1ccccc1Cl. The van der Waals surface area contributed by atoms with Crippen LogP contribution in [0.3, 0.4) is 0 Å². The van der Waals surface area contributed by atoms with Crippen LogP contribution in [0.1, 0.15) is 24.9 Å². The third kappa shape index (κ3) is 7.40. The number of methoxy groups -OCH3 is 1. The predicted molar refractivity (Wildman–Crippen MR) is 92.0 cm³/mol. The molecule has 0 heterocycles. The maximum atomic E-state index is 12.1. The molecule has 1 aromatic rings. The van der Waals surface area contributed by atoms with E-state index in [9.17, 15) is 14.4 Å². The number of nitrogens with two attached hydrogens (primary N) is 1. The number of ether oxygens (including phenoxy) is 2. The third-order valence-corrected chi connectivity index (χ3v) is 3.59. The van der Waals surface area contributed by atoms with Crippen LogP contribution in [0.5, 0.6) is 0 Å². The van der Waals surface area contributed by atoms with Gasteiger partial charge in [-0.05, 0) is 18.6 Å². The fourth-order valence-electron chi connectivity index (χ4n) is 2.05. The van der Waals surface area contributed by atoms with Crippen LogP contribution in [0.15, 0.2) is 24.3 Å². The third-order valence-electron chi connectivity index (χ3n) is 3.25. The normalized spacial score (nSPS) is 12.8. The van der Waals surface area contributed by atoms with Crippen LogP contribution in [-0.4, -0.2) is 44.3 Å². The van der Waals surface area contributed by atoms with Gasteiger partial charge in [0, 0.05) is 18.7 Å². The van der Waals surface area contributed by atoms with Crippen LogP contribution >= 0.6 is 11.6 Å². The van der Waals surface area contributed by atoms with E-state index in [0.717, 1.165) is 0 Å². The molecule has 0 bridgehead atoms. The fraction of sp³-hybridized carbons (Fsp3) is 0.438. The Bertz CT molecular complexity index is 611. The van der Waals surface area contributed by atoms with Crippen LogP contribution in [0, 0.1) is 0 Å². The van der Waals surface area contributed by atoms with E-state index in [1.54, 1.807) is 24.3 Å². The molecule has 2 atom stereocenters. The molecule has 3 amide bonds. The van der Waals surface area contributed by atoms with E-state index in [1.165, 1.54) is 14.0 Å². The Labute approximate surface area is 151 Å². The lowest BCUT2D eigenvalue weighted by atomic mass is 10.0. The number of hydrogen-bond donors (Lipinski definition) is 3. The zero-order valence-corrected chi connectivity index (χ0v) is 14.8. The van der Waals surface area contributed by atoms with Gasteiger partial charge >= 0.3 is 12.0 Å². The predicted octanol–water partition coefficient (Wildman–Crippen LogP) is 1.13. The molecule has 0 unspecified atom stereocenters. The molecule has 0 radical (unpaired) electrons. The number of carbonyl (C=O) groups excluding carboxylic acids is 3. The Kier molecular flexibility index (Phi) is 8.73. The smallest absolute Gasteiger partial charge is 0.312 e. The van der Waals surface area contributed by atoms with Crippen molar-refractivity contribution >= 4 is 29.5 Å². The first kappa shape index (κ1) is 20.7. The number of urea groups is 1. The summed E-state index contributed by atoms with van der Waals surface area (Å²) in [6, 6.07) is 5.16. The minimum absolute atomic E-state index is 0.220. The van der Waals surface area contributed by atoms with Gasteiger partial charge in [-0.2, -0.15) is 0 Å². The highest BCUT2D eigenvalue weighted by Crippen LogP contribution is 2.25. The van der Waals surface area contributed by atoms with Crippen molar-refractivity contribution in [2.75, 3.05) is 20.3 Å². The molecule has 0 spiro atoms. The van der Waals surface area contributed by atoms with Gasteiger partial charge in [0.25, 0.3) is 5.91 Å². The minimum Gasteiger partial charge on any atom is -0.452 e. The summed E-state index contributed by atoms with van der Waals surface area (Å²) in [6.45, 7) is 2.11. The number of esters is 1. The van der Waals surface area contributed by atoms with Crippen LogP contribution in [0.25, 0.3) is 0 Å². The second-order valence-electron chi connectivity index (χ2n) is 5.20. The number of amides is 3.